The van der Waals surface area contributed by atoms with Gasteiger partial charge in [0.1, 0.15) is 0 Å². The molecule has 18 heavy (non-hydrogen) atoms. The van der Waals surface area contributed by atoms with Gasteiger partial charge < -0.3 is 0 Å². The van der Waals surface area contributed by atoms with Gasteiger partial charge in [-0.3, -0.25) is 9.97 Å². The van der Waals surface area contributed by atoms with E-state index in [9.17, 15) is 0 Å². The summed E-state index contributed by atoms with van der Waals surface area (Å²) in [6, 6.07) is 0. The molecule has 2 nitrogen and oxygen atoms in total. The van der Waals surface area contributed by atoms with Crippen LogP contribution in [0.4, 0.5) is 0 Å². The molecule has 1 aromatic rings. The molecule has 0 unspecified atom stereocenters. The smallest absolute Gasteiger partial charge is 0.0965 e. The molecule has 0 saturated carbocycles. The highest BCUT2D eigenvalue weighted by Gasteiger charge is 1.98. The highest BCUT2D eigenvalue weighted by atomic mass is 14.8. The Bertz CT molecular complexity index is 410. The minimum Gasteiger partial charge on any atom is -0.261 e. The van der Waals surface area contributed by atoms with Gasteiger partial charge in [0.2, 0.25) is 0 Å². The molecule has 0 radical (unpaired) electrons. The number of nitrogens with zero attached hydrogens (tertiary/aromatic N) is 2. The van der Waals surface area contributed by atoms with E-state index in [0.717, 1.165) is 30.5 Å². The predicted octanol–water partition coefficient (Wildman–Crippen LogP) is 4.24. The van der Waals surface area contributed by atoms with Crippen molar-refractivity contribution in [3.8, 4) is 11.8 Å². The van der Waals surface area contributed by atoms with Crippen LogP contribution in [0.15, 0.2) is 24.7 Å². The Hall–Kier alpha value is -1.62. The number of hydrogen-bond donors (Lipinski definition) is 0. The summed E-state index contributed by atoms with van der Waals surface area (Å²) in [7, 11) is 0. The molecule has 0 bridgehead atoms. The molecule has 0 spiro atoms. The van der Waals surface area contributed by atoms with Gasteiger partial charge in [0.15, 0.2) is 0 Å². The monoisotopic (exact) mass is 242 g/mol. The van der Waals surface area contributed by atoms with Crippen molar-refractivity contribution in [2.75, 3.05) is 0 Å². The van der Waals surface area contributed by atoms with E-state index in [0.29, 0.717) is 0 Å². The molecular weight excluding hydrogens is 220 g/mol. The van der Waals surface area contributed by atoms with Crippen LogP contribution < -0.4 is 0 Å². The Morgan fingerprint density at radius 3 is 2.72 bits per heavy atom. The first-order valence-electron chi connectivity index (χ1n) is 6.83. The lowest BCUT2D eigenvalue weighted by molar-refractivity contribution is 0.815. The molecule has 0 aromatic carbocycles. The van der Waals surface area contributed by atoms with Crippen LogP contribution >= 0.6 is 0 Å². The highest BCUT2D eigenvalue weighted by molar-refractivity contribution is 5.76. The number of rotatable bonds is 6. The Morgan fingerprint density at radius 1 is 1.22 bits per heavy atom. The molecule has 1 rings (SSSR count). The summed E-state index contributed by atoms with van der Waals surface area (Å²) in [5.74, 6) is 6.46. The summed E-state index contributed by atoms with van der Waals surface area (Å²) in [4.78, 5) is 8.43. The van der Waals surface area contributed by atoms with E-state index in [-0.39, 0.29) is 0 Å². The molecule has 0 aliphatic heterocycles. The number of hydrogen-bond acceptors (Lipinski definition) is 2. The maximum atomic E-state index is 4.32. The van der Waals surface area contributed by atoms with Crippen LogP contribution in [0.1, 0.15) is 58.1 Å². The first kappa shape index (κ1) is 14.4. The molecule has 0 amide bonds. The quantitative estimate of drug-likeness (QED) is 0.550. The van der Waals surface area contributed by atoms with Gasteiger partial charge in [-0.05, 0) is 12.8 Å². The summed E-state index contributed by atoms with van der Waals surface area (Å²) < 4.78 is 0. The molecule has 96 valence electrons. The normalized spacial score (nSPS) is 10.9. The van der Waals surface area contributed by atoms with Crippen molar-refractivity contribution in [3.63, 3.8) is 0 Å². The van der Waals surface area contributed by atoms with Gasteiger partial charge in [0.25, 0.3) is 0 Å². The summed E-state index contributed by atoms with van der Waals surface area (Å²) in [5.41, 5.74) is 1.91. The fourth-order valence-corrected chi connectivity index (χ4v) is 1.53. The number of unbranched alkanes of at least 4 members (excludes halogenated alkanes) is 4. The van der Waals surface area contributed by atoms with E-state index >= 15 is 0 Å². The van der Waals surface area contributed by atoms with E-state index in [4.69, 9.17) is 0 Å². The van der Waals surface area contributed by atoms with Gasteiger partial charge in [-0.1, -0.05) is 51.0 Å². The van der Waals surface area contributed by atoms with E-state index in [2.05, 4.69) is 41.7 Å². The first-order valence-corrected chi connectivity index (χ1v) is 6.83. The third-order valence-corrected chi connectivity index (χ3v) is 2.62. The van der Waals surface area contributed by atoms with E-state index < -0.39 is 0 Å². The number of aromatic nitrogens is 2. The zero-order valence-electron chi connectivity index (χ0n) is 11.4. The van der Waals surface area contributed by atoms with Crippen molar-refractivity contribution in [1.82, 2.24) is 9.97 Å². The maximum Gasteiger partial charge on any atom is 0.0965 e. The topological polar surface area (TPSA) is 25.8 Å². The summed E-state index contributed by atoms with van der Waals surface area (Å²) in [5, 5.41) is 0. The van der Waals surface area contributed by atoms with Gasteiger partial charge in [0, 0.05) is 24.4 Å². The summed E-state index contributed by atoms with van der Waals surface area (Å²) in [6.45, 7) is 4.38. The largest absolute Gasteiger partial charge is 0.261 e. The fraction of sp³-hybridized carbons (Fsp3) is 0.500. The molecule has 0 fully saturated rings. The molecule has 1 heterocycles. The second-order valence-corrected chi connectivity index (χ2v) is 4.26. The van der Waals surface area contributed by atoms with Crippen molar-refractivity contribution in [1.29, 1.82) is 0 Å². The van der Waals surface area contributed by atoms with E-state index in [1.807, 2.05) is 0 Å². The minimum absolute atomic E-state index is 0.887. The van der Waals surface area contributed by atoms with Crippen molar-refractivity contribution >= 4 is 5.57 Å². The second kappa shape index (κ2) is 9.41. The van der Waals surface area contributed by atoms with E-state index in [1.165, 1.54) is 19.3 Å². The number of allylic oxidation sites excluding steroid dienone is 2. The molecular formula is C16H22N2. The summed E-state index contributed by atoms with van der Waals surface area (Å²) >= 11 is 0. The zero-order chi connectivity index (χ0) is 13.1. The van der Waals surface area contributed by atoms with Gasteiger partial charge >= 0.3 is 0 Å². The SMILES string of the molecule is CCCCC#C/C(=C/CCCC)c1cnccn1. The molecule has 1 aromatic heterocycles. The molecule has 0 N–H and O–H groups in total. The zero-order valence-corrected chi connectivity index (χ0v) is 11.4. The van der Waals surface area contributed by atoms with Crippen LogP contribution in [-0.2, 0) is 0 Å². The molecule has 0 saturated heterocycles. The Labute approximate surface area is 111 Å². The van der Waals surface area contributed by atoms with Gasteiger partial charge in [0.05, 0.1) is 11.9 Å². The van der Waals surface area contributed by atoms with Crippen LogP contribution in [-0.4, -0.2) is 9.97 Å². The standard InChI is InChI=1S/C16H22N2/c1-3-5-7-9-11-15(10-8-6-4-2)16-14-17-12-13-18-16/h10,12-14H,3-8H2,1-2H3/b15-10-. The molecule has 2 heteroatoms. The first-order chi connectivity index (χ1) is 8.88. The molecule has 0 atom stereocenters. The maximum absolute atomic E-state index is 4.32. The lowest BCUT2D eigenvalue weighted by Crippen LogP contribution is -1.88. The summed E-state index contributed by atoms with van der Waals surface area (Å²) in [6.07, 6.45) is 14.2. The van der Waals surface area contributed by atoms with E-state index in [1.54, 1.807) is 18.6 Å². The third kappa shape index (κ3) is 5.63. The second-order valence-electron chi connectivity index (χ2n) is 4.26. The average Bonchev–Trinajstić information content (AvgIpc) is 2.42. The van der Waals surface area contributed by atoms with Gasteiger partial charge in [-0.2, -0.15) is 0 Å². The van der Waals surface area contributed by atoms with Crippen molar-refractivity contribution in [2.24, 2.45) is 0 Å². The highest BCUT2D eigenvalue weighted by Crippen LogP contribution is 2.11. The molecule has 0 aliphatic rings. The van der Waals surface area contributed by atoms with Crippen molar-refractivity contribution < 1.29 is 0 Å². The third-order valence-electron chi connectivity index (χ3n) is 2.62. The Morgan fingerprint density at radius 2 is 2.06 bits per heavy atom. The Kier molecular flexibility index (Phi) is 7.55. The lowest BCUT2D eigenvalue weighted by atomic mass is 10.1. The van der Waals surface area contributed by atoms with Crippen molar-refractivity contribution in [3.05, 3.63) is 30.4 Å². The van der Waals surface area contributed by atoms with Crippen molar-refractivity contribution in [2.45, 2.75) is 52.4 Å². The van der Waals surface area contributed by atoms with Gasteiger partial charge in [-0.25, -0.2) is 0 Å². The van der Waals surface area contributed by atoms with Crippen LogP contribution in [0.25, 0.3) is 5.57 Å². The van der Waals surface area contributed by atoms with Gasteiger partial charge in [-0.15, -0.1) is 0 Å². The fourth-order valence-electron chi connectivity index (χ4n) is 1.53. The predicted molar refractivity (Wildman–Crippen MR) is 76.8 cm³/mol. The Balaban J connectivity index is 2.74. The lowest BCUT2D eigenvalue weighted by Gasteiger charge is -1.98. The van der Waals surface area contributed by atoms with Crippen LogP contribution in [0.2, 0.25) is 0 Å². The van der Waals surface area contributed by atoms with Crippen LogP contribution in [0.3, 0.4) is 0 Å². The average molecular weight is 242 g/mol. The molecule has 0 aliphatic carbocycles. The minimum atomic E-state index is 0.887. The van der Waals surface area contributed by atoms with Crippen LogP contribution in [0, 0.1) is 11.8 Å². The van der Waals surface area contributed by atoms with Crippen LogP contribution in [0.5, 0.6) is 0 Å².